The molecule has 0 saturated carbocycles. The fraction of sp³-hybridized carbons (Fsp3) is 0.233. The van der Waals surface area contributed by atoms with Crippen molar-refractivity contribution in [2.75, 3.05) is 0 Å². The number of ether oxygens (including phenoxy) is 3. The van der Waals surface area contributed by atoms with E-state index in [4.69, 9.17) is 14.2 Å². The lowest BCUT2D eigenvalue weighted by atomic mass is 9.81. The number of likely N-dealkylation sites (tertiary alicyclic amines) is 1. The van der Waals surface area contributed by atoms with E-state index in [-0.39, 0.29) is 24.4 Å². The number of carbonyl (C=O) groups is 5. The first-order valence-electron chi connectivity index (χ1n) is 13.5. The summed E-state index contributed by atoms with van der Waals surface area (Å²) in [5.41, 5.74) is 0.444. The van der Waals surface area contributed by atoms with Crippen LogP contribution in [0, 0.1) is 26.1 Å². The number of amides is 2. The Hall–Kier alpha value is -5.64. The van der Waals surface area contributed by atoms with Crippen molar-refractivity contribution in [3.63, 3.8) is 0 Å². The molecule has 1 saturated heterocycles. The van der Waals surface area contributed by atoms with Gasteiger partial charge in [-0.2, -0.15) is 0 Å². The first-order valence-corrected chi connectivity index (χ1v) is 14.4. The summed E-state index contributed by atoms with van der Waals surface area (Å²) in [5.74, 6) is -4.79. The van der Waals surface area contributed by atoms with E-state index >= 15 is 0 Å². The van der Waals surface area contributed by atoms with Crippen molar-refractivity contribution < 1.29 is 48.0 Å². The third-order valence-electron chi connectivity index (χ3n) is 6.82. The van der Waals surface area contributed by atoms with Crippen LogP contribution in [0.15, 0.2) is 83.8 Å². The molecule has 0 radical (unpaired) electrons. The summed E-state index contributed by atoms with van der Waals surface area (Å²) in [5, 5.41) is 21.2. The molecule has 16 heteroatoms. The Labute approximate surface area is 264 Å². The normalized spacial score (nSPS) is 16.0. The van der Waals surface area contributed by atoms with Gasteiger partial charge >= 0.3 is 18.0 Å². The third-order valence-corrected chi connectivity index (χ3v) is 7.72. The van der Waals surface area contributed by atoms with E-state index in [0.717, 1.165) is 11.8 Å². The third kappa shape index (κ3) is 8.29. The molecule has 0 aliphatic carbocycles. The van der Waals surface area contributed by atoms with E-state index in [1.807, 2.05) is 0 Å². The number of nitro groups is 2. The second-order valence-electron chi connectivity index (χ2n) is 9.88. The molecule has 0 aromatic heterocycles. The highest BCUT2D eigenvalue weighted by molar-refractivity contribution is 8.13. The maximum Gasteiger partial charge on any atom is 0.508 e. The highest BCUT2D eigenvalue weighted by Crippen LogP contribution is 2.36. The topological polar surface area (TPSA) is 203 Å². The summed E-state index contributed by atoms with van der Waals surface area (Å²) in [7, 11) is 0. The van der Waals surface area contributed by atoms with E-state index in [1.54, 1.807) is 30.3 Å². The zero-order chi connectivity index (χ0) is 33.4. The first kappa shape index (κ1) is 33.3. The predicted octanol–water partition coefficient (Wildman–Crippen LogP) is 4.35. The van der Waals surface area contributed by atoms with Crippen molar-refractivity contribution in [2.24, 2.45) is 5.92 Å². The molecule has 238 valence electrons. The number of nitro benzene ring substituents is 2. The second-order valence-corrected chi connectivity index (χ2v) is 11.0. The van der Waals surface area contributed by atoms with Gasteiger partial charge in [-0.3, -0.25) is 39.5 Å². The van der Waals surface area contributed by atoms with Crippen LogP contribution in [0.3, 0.4) is 0 Å². The van der Waals surface area contributed by atoms with Crippen molar-refractivity contribution in [3.8, 4) is 0 Å². The number of hydrogen-bond acceptors (Lipinski definition) is 13. The Morgan fingerprint density at radius 1 is 0.826 bits per heavy atom. The van der Waals surface area contributed by atoms with Crippen molar-refractivity contribution in [2.45, 2.75) is 43.6 Å². The van der Waals surface area contributed by atoms with E-state index < -0.39 is 63.6 Å². The number of esters is 1. The largest absolute Gasteiger partial charge is 0.508 e. The fourth-order valence-corrected chi connectivity index (χ4v) is 5.33. The summed E-state index contributed by atoms with van der Waals surface area (Å²) in [6, 6.07) is 17.7. The Kier molecular flexibility index (Phi) is 10.8. The van der Waals surface area contributed by atoms with Gasteiger partial charge in [0.05, 0.1) is 21.8 Å². The smallest absolute Gasteiger partial charge is 0.454 e. The SMILES string of the molecule is C[C@@H](OC(=O)OCc1ccc([N+](=O)[O-])cc1)[C@H]1C(=O)N(C(=O)C(=O)OCc2ccc([N+](=O)[O-])cc2)[C@@H]1CC(=O)Sc1ccccc1. The van der Waals surface area contributed by atoms with Crippen LogP contribution in [0.25, 0.3) is 0 Å². The van der Waals surface area contributed by atoms with Gasteiger partial charge in [-0.05, 0) is 54.4 Å². The second kappa shape index (κ2) is 14.9. The molecule has 1 heterocycles. The van der Waals surface area contributed by atoms with Gasteiger partial charge in [0.2, 0.25) is 5.91 Å². The molecule has 0 spiro atoms. The molecular formula is C30H25N3O12S. The summed E-state index contributed by atoms with van der Waals surface area (Å²) in [6.45, 7) is 0.664. The lowest BCUT2D eigenvalue weighted by molar-refractivity contribution is -0.385. The quantitative estimate of drug-likeness (QED) is 0.0707. The van der Waals surface area contributed by atoms with Gasteiger partial charge < -0.3 is 14.2 Å². The van der Waals surface area contributed by atoms with Gasteiger partial charge in [0, 0.05) is 35.6 Å². The van der Waals surface area contributed by atoms with Gasteiger partial charge in [0.15, 0.2) is 5.12 Å². The van der Waals surface area contributed by atoms with Crippen LogP contribution in [0.1, 0.15) is 24.5 Å². The number of hydrogen-bond donors (Lipinski definition) is 0. The molecule has 46 heavy (non-hydrogen) atoms. The number of imide groups is 1. The van der Waals surface area contributed by atoms with Crippen LogP contribution in [0.4, 0.5) is 16.2 Å². The number of β-lactam (4-membered cyclic amide) rings is 1. The molecule has 0 N–H and O–H groups in total. The minimum Gasteiger partial charge on any atom is -0.454 e. The molecule has 15 nitrogen and oxygen atoms in total. The number of benzene rings is 3. The minimum atomic E-state index is -1.39. The summed E-state index contributed by atoms with van der Waals surface area (Å²) < 4.78 is 15.3. The number of thioether (sulfide) groups is 1. The summed E-state index contributed by atoms with van der Waals surface area (Å²) in [6.07, 6.45) is -2.73. The van der Waals surface area contributed by atoms with E-state index in [0.29, 0.717) is 20.9 Å². The van der Waals surface area contributed by atoms with Gasteiger partial charge in [0.25, 0.3) is 11.4 Å². The molecule has 1 aliphatic heterocycles. The Morgan fingerprint density at radius 3 is 1.87 bits per heavy atom. The lowest BCUT2D eigenvalue weighted by Gasteiger charge is -2.46. The van der Waals surface area contributed by atoms with Gasteiger partial charge in [-0.1, -0.05) is 30.0 Å². The zero-order valence-corrected chi connectivity index (χ0v) is 24.8. The maximum absolute atomic E-state index is 13.2. The average Bonchev–Trinajstić information content (AvgIpc) is 3.03. The summed E-state index contributed by atoms with van der Waals surface area (Å²) >= 11 is 0.864. The molecule has 1 fully saturated rings. The van der Waals surface area contributed by atoms with Crippen LogP contribution >= 0.6 is 11.8 Å². The molecule has 0 unspecified atom stereocenters. The lowest BCUT2D eigenvalue weighted by Crippen LogP contribution is -2.68. The molecule has 3 atom stereocenters. The molecule has 3 aromatic rings. The molecule has 4 rings (SSSR count). The predicted molar refractivity (Wildman–Crippen MR) is 158 cm³/mol. The Morgan fingerprint density at radius 2 is 1.35 bits per heavy atom. The van der Waals surface area contributed by atoms with E-state index in [9.17, 15) is 44.2 Å². The minimum absolute atomic E-state index is 0.149. The number of rotatable bonds is 11. The molecule has 3 aromatic carbocycles. The van der Waals surface area contributed by atoms with Crippen LogP contribution in [0.5, 0.6) is 0 Å². The monoisotopic (exact) mass is 651 g/mol. The zero-order valence-electron chi connectivity index (χ0n) is 24.0. The highest BCUT2D eigenvalue weighted by atomic mass is 32.2. The Bertz CT molecular complexity index is 1650. The molecule has 1 aliphatic rings. The molecule has 2 amide bonds. The van der Waals surface area contributed by atoms with Gasteiger partial charge in [-0.25, -0.2) is 9.59 Å². The Balaban J connectivity index is 1.41. The van der Waals surface area contributed by atoms with E-state index in [2.05, 4.69) is 0 Å². The number of carbonyl (C=O) groups excluding carboxylic acids is 5. The van der Waals surface area contributed by atoms with Gasteiger partial charge in [0.1, 0.15) is 19.3 Å². The standard InChI is InChI=1S/C30H25N3O12S/c1-18(45-30(38)44-17-20-9-13-22(14-10-20)33(41)42)26-24(15-25(34)46-23-5-3-2-4-6-23)31(27(26)35)28(36)29(37)43-16-19-7-11-21(12-8-19)32(39)40/h2-14,18,24,26H,15-17H2,1H3/t18-,24-,26-/m1/s1. The fourth-order valence-electron chi connectivity index (χ4n) is 4.52. The van der Waals surface area contributed by atoms with Crippen LogP contribution < -0.4 is 0 Å². The van der Waals surface area contributed by atoms with Crippen molar-refractivity contribution in [1.82, 2.24) is 4.90 Å². The average molecular weight is 652 g/mol. The van der Waals surface area contributed by atoms with Crippen LogP contribution in [0.2, 0.25) is 0 Å². The van der Waals surface area contributed by atoms with E-state index in [1.165, 1.54) is 55.5 Å². The van der Waals surface area contributed by atoms with Crippen molar-refractivity contribution in [1.29, 1.82) is 0 Å². The number of nitrogens with zero attached hydrogens (tertiary/aromatic N) is 3. The maximum atomic E-state index is 13.2. The summed E-state index contributed by atoms with van der Waals surface area (Å²) in [4.78, 5) is 85.8. The van der Waals surface area contributed by atoms with Gasteiger partial charge in [-0.15, -0.1) is 0 Å². The highest BCUT2D eigenvalue weighted by Gasteiger charge is 2.56. The van der Waals surface area contributed by atoms with Crippen molar-refractivity contribution >= 4 is 52.2 Å². The van der Waals surface area contributed by atoms with Crippen LogP contribution in [-0.2, 0) is 46.6 Å². The molecule has 0 bridgehead atoms. The first-order chi connectivity index (χ1) is 21.9. The van der Waals surface area contributed by atoms with Crippen molar-refractivity contribution in [3.05, 3.63) is 110 Å². The van der Waals surface area contributed by atoms with Crippen LogP contribution in [-0.4, -0.2) is 55.9 Å². The number of non-ortho nitro benzene ring substituents is 2. The molecular weight excluding hydrogens is 626 g/mol.